The molecule has 3 aromatic carbocycles. The highest BCUT2D eigenvalue weighted by Gasteiger charge is 2.52. The molecule has 7 heteroatoms. The molecule has 2 fully saturated rings. The number of hydrogen-bond donors (Lipinski definition) is 1. The molecule has 3 aromatic rings. The molecule has 0 spiro atoms. The second-order valence-corrected chi connectivity index (χ2v) is 10.2. The van der Waals surface area contributed by atoms with E-state index in [-0.39, 0.29) is 17.6 Å². The second kappa shape index (κ2) is 10.5. The molecule has 2 amide bonds. The number of nitrogens with zero attached hydrogens (tertiary/aromatic N) is 1. The summed E-state index contributed by atoms with van der Waals surface area (Å²) in [6, 6.07) is 18.0. The maximum Gasteiger partial charge on any atom is 0.254 e. The van der Waals surface area contributed by atoms with Crippen LogP contribution in [0.4, 0.5) is 10.1 Å². The number of carbonyl (C=O) groups excluding carboxylic acids is 2. The second-order valence-electron chi connectivity index (χ2n) is 10.2. The number of methoxy groups -OCH3 is 2. The van der Waals surface area contributed by atoms with Gasteiger partial charge in [-0.25, -0.2) is 4.39 Å². The number of carbonyl (C=O) groups is 2. The van der Waals surface area contributed by atoms with E-state index in [2.05, 4.69) is 5.32 Å². The van der Waals surface area contributed by atoms with E-state index in [4.69, 9.17) is 9.47 Å². The molecule has 1 saturated heterocycles. The highest BCUT2D eigenvalue weighted by molar-refractivity contribution is 6.01. The van der Waals surface area contributed by atoms with E-state index >= 15 is 0 Å². The number of ether oxygens (including phenoxy) is 2. The molecule has 6 nitrogen and oxygen atoms in total. The van der Waals surface area contributed by atoms with E-state index in [9.17, 15) is 14.0 Å². The van der Waals surface area contributed by atoms with Gasteiger partial charge in [-0.2, -0.15) is 0 Å². The van der Waals surface area contributed by atoms with E-state index in [0.29, 0.717) is 60.2 Å². The van der Waals surface area contributed by atoms with Gasteiger partial charge in [-0.15, -0.1) is 0 Å². The first-order valence-corrected chi connectivity index (χ1v) is 13.0. The summed E-state index contributed by atoms with van der Waals surface area (Å²) in [5, 5.41) is 2.98. The van der Waals surface area contributed by atoms with Gasteiger partial charge in [0.2, 0.25) is 5.91 Å². The van der Waals surface area contributed by atoms with Crippen LogP contribution < -0.4 is 14.8 Å². The van der Waals surface area contributed by atoms with Crippen molar-refractivity contribution < 1.29 is 23.5 Å². The number of likely N-dealkylation sites (tertiary alicyclic amines) is 1. The van der Waals surface area contributed by atoms with E-state index in [1.807, 2.05) is 36.1 Å². The summed E-state index contributed by atoms with van der Waals surface area (Å²) in [5.41, 5.74) is 3.02. The van der Waals surface area contributed by atoms with Gasteiger partial charge in [0, 0.05) is 35.5 Å². The van der Waals surface area contributed by atoms with Crippen molar-refractivity contribution in [2.45, 2.75) is 43.9 Å². The average molecular weight is 517 g/mol. The minimum Gasteiger partial charge on any atom is -0.496 e. The van der Waals surface area contributed by atoms with Crippen molar-refractivity contribution in [1.82, 2.24) is 4.90 Å². The monoisotopic (exact) mass is 516 g/mol. The van der Waals surface area contributed by atoms with Crippen LogP contribution in [0.25, 0.3) is 0 Å². The summed E-state index contributed by atoms with van der Waals surface area (Å²) in [7, 11) is 3.18. The molecule has 0 bridgehead atoms. The van der Waals surface area contributed by atoms with Crippen molar-refractivity contribution >= 4 is 17.5 Å². The molecular weight excluding hydrogens is 483 g/mol. The SMILES string of the molecule is COc1cc(C(=O)N2CCC(c3ccc(NC(=O)C4(c5ccccc5F)CC4)cc3)CC2)cc(OC)c1C. The van der Waals surface area contributed by atoms with Crippen molar-refractivity contribution in [3.8, 4) is 11.5 Å². The third-order valence-corrected chi connectivity index (χ3v) is 8.00. The molecule has 38 heavy (non-hydrogen) atoms. The van der Waals surface area contributed by atoms with Crippen LogP contribution in [0.2, 0.25) is 0 Å². The van der Waals surface area contributed by atoms with Crippen molar-refractivity contribution in [2.75, 3.05) is 32.6 Å². The third-order valence-electron chi connectivity index (χ3n) is 8.00. The van der Waals surface area contributed by atoms with Crippen LogP contribution in [0.3, 0.4) is 0 Å². The van der Waals surface area contributed by atoms with Gasteiger partial charge < -0.3 is 19.7 Å². The Kier molecular flexibility index (Phi) is 7.11. The molecular formula is C31H33FN2O4. The number of rotatable bonds is 7. The summed E-state index contributed by atoms with van der Waals surface area (Å²) in [4.78, 5) is 28.1. The van der Waals surface area contributed by atoms with Gasteiger partial charge in [0.25, 0.3) is 5.91 Å². The smallest absolute Gasteiger partial charge is 0.254 e. The first-order valence-electron chi connectivity index (χ1n) is 13.0. The van der Waals surface area contributed by atoms with E-state index < -0.39 is 5.41 Å². The van der Waals surface area contributed by atoms with E-state index in [0.717, 1.165) is 18.4 Å². The molecule has 5 rings (SSSR count). The fraction of sp³-hybridized carbons (Fsp3) is 0.355. The zero-order valence-electron chi connectivity index (χ0n) is 22.1. The Hall–Kier alpha value is -3.87. The lowest BCUT2D eigenvalue weighted by atomic mass is 9.89. The first-order chi connectivity index (χ1) is 18.4. The highest BCUT2D eigenvalue weighted by atomic mass is 19.1. The molecule has 1 aliphatic heterocycles. The molecule has 2 aliphatic rings. The molecule has 0 radical (unpaired) electrons. The van der Waals surface area contributed by atoms with Crippen molar-refractivity contribution in [1.29, 1.82) is 0 Å². The maximum absolute atomic E-state index is 14.3. The Morgan fingerprint density at radius 3 is 2.11 bits per heavy atom. The number of benzene rings is 3. The van der Waals surface area contributed by atoms with Gasteiger partial charge in [0.1, 0.15) is 17.3 Å². The fourth-order valence-corrected chi connectivity index (χ4v) is 5.49. The van der Waals surface area contributed by atoms with Gasteiger partial charge >= 0.3 is 0 Å². The normalized spacial score (nSPS) is 16.6. The Bertz CT molecular complexity index is 1320. The predicted molar refractivity (Wildman–Crippen MR) is 145 cm³/mol. The minimum absolute atomic E-state index is 0.0260. The molecule has 1 saturated carbocycles. The summed E-state index contributed by atoms with van der Waals surface area (Å²) in [6.07, 6.45) is 3.01. The maximum atomic E-state index is 14.3. The number of amides is 2. The van der Waals surface area contributed by atoms with Gasteiger partial charge in [-0.3, -0.25) is 9.59 Å². The van der Waals surface area contributed by atoms with Crippen LogP contribution in [-0.4, -0.2) is 44.0 Å². The Balaban J connectivity index is 1.20. The molecule has 198 valence electrons. The van der Waals surface area contributed by atoms with Gasteiger partial charge in [0.15, 0.2) is 0 Å². The zero-order chi connectivity index (χ0) is 26.9. The van der Waals surface area contributed by atoms with E-state index in [1.165, 1.54) is 11.6 Å². The average Bonchev–Trinajstić information content (AvgIpc) is 3.76. The summed E-state index contributed by atoms with van der Waals surface area (Å²) < 4.78 is 25.2. The summed E-state index contributed by atoms with van der Waals surface area (Å²) >= 11 is 0. The predicted octanol–water partition coefficient (Wildman–Crippen LogP) is 5.84. The number of hydrogen-bond acceptors (Lipinski definition) is 4. The van der Waals surface area contributed by atoms with Crippen LogP contribution in [0.15, 0.2) is 60.7 Å². The quantitative estimate of drug-likeness (QED) is 0.428. The Morgan fingerprint density at radius 1 is 0.947 bits per heavy atom. The molecule has 1 heterocycles. The summed E-state index contributed by atoms with van der Waals surface area (Å²) in [5.74, 6) is 1.08. The Morgan fingerprint density at radius 2 is 1.55 bits per heavy atom. The lowest BCUT2D eigenvalue weighted by Crippen LogP contribution is -2.38. The fourth-order valence-electron chi connectivity index (χ4n) is 5.49. The highest BCUT2D eigenvalue weighted by Crippen LogP contribution is 2.49. The lowest BCUT2D eigenvalue weighted by molar-refractivity contribution is -0.118. The van der Waals surface area contributed by atoms with Crippen LogP contribution in [0.1, 0.15) is 58.6 Å². The topological polar surface area (TPSA) is 67.9 Å². The van der Waals surface area contributed by atoms with Crippen molar-refractivity contribution in [3.05, 3.63) is 88.7 Å². The van der Waals surface area contributed by atoms with E-state index in [1.54, 1.807) is 44.6 Å². The molecule has 0 aromatic heterocycles. The molecule has 1 aliphatic carbocycles. The zero-order valence-corrected chi connectivity index (χ0v) is 22.1. The van der Waals surface area contributed by atoms with Crippen LogP contribution in [-0.2, 0) is 10.2 Å². The van der Waals surface area contributed by atoms with Gasteiger partial charge in [-0.1, -0.05) is 30.3 Å². The van der Waals surface area contributed by atoms with Crippen LogP contribution in [0.5, 0.6) is 11.5 Å². The first kappa shape index (κ1) is 25.8. The summed E-state index contributed by atoms with van der Waals surface area (Å²) in [6.45, 7) is 3.22. The van der Waals surface area contributed by atoms with Crippen LogP contribution in [0, 0.1) is 12.7 Å². The molecule has 0 atom stereocenters. The lowest BCUT2D eigenvalue weighted by Gasteiger charge is -2.32. The number of anilines is 1. The van der Waals surface area contributed by atoms with Gasteiger partial charge in [0.05, 0.1) is 19.6 Å². The van der Waals surface area contributed by atoms with Gasteiger partial charge in [-0.05, 0) is 74.4 Å². The largest absolute Gasteiger partial charge is 0.496 e. The standard InChI is InChI=1S/C31H33FN2O4/c1-20-27(37-2)18-23(19-28(20)38-3)29(35)34-16-12-22(13-17-34)21-8-10-24(11-9-21)33-30(36)31(14-15-31)25-6-4-5-7-26(25)32/h4-11,18-19,22H,12-17H2,1-3H3,(H,33,36). The molecule has 1 N–H and O–H groups in total. The number of nitrogens with one attached hydrogen (secondary N) is 1. The number of halogens is 1. The minimum atomic E-state index is -0.769. The molecule has 0 unspecified atom stereocenters. The number of piperidine rings is 1. The Labute approximate surface area is 222 Å². The van der Waals surface area contributed by atoms with Crippen molar-refractivity contribution in [2.24, 2.45) is 0 Å². The third kappa shape index (κ3) is 4.85. The van der Waals surface area contributed by atoms with Crippen LogP contribution >= 0.6 is 0 Å². The van der Waals surface area contributed by atoms with Crippen molar-refractivity contribution in [3.63, 3.8) is 0 Å².